The van der Waals surface area contributed by atoms with Gasteiger partial charge in [0, 0.05) is 0 Å². The topological polar surface area (TPSA) is 83.7 Å². The SMILES string of the molecule is COC(=O)c1ccc(OC)c(N=C(NC#N)SC)c1. The number of hydrogen-bond acceptors (Lipinski definition) is 6. The van der Waals surface area contributed by atoms with Crippen molar-refractivity contribution in [1.82, 2.24) is 5.32 Å². The Hall–Kier alpha value is -2.20. The van der Waals surface area contributed by atoms with E-state index < -0.39 is 5.97 Å². The van der Waals surface area contributed by atoms with E-state index in [-0.39, 0.29) is 0 Å². The van der Waals surface area contributed by atoms with Gasteiger partial charge >= 0.3 is 5.97 Å². The van der Waals surface area contributed by atoms with Crippen molar-refractivity contribution in [2.75, 3.05) is 20.5 Å². The third-order valence-electron chi connectivity index (χ3n) is 2.18. The van der Waals surface area contributed by atoms with Gasteiger partial charge in [0.2, 0.25) is 0 Å². The van der Waals surface area contributed by atoms with E-state index in [2.05, 4.69) is 15.0 Å². The average molecular weight is 279 g/mol. The largest absolute Gasteiger partial charge is 0.494 e. The number of nitrogens with zero attached hydrogens (tertiary/aromatic N) is 2. The van der Waals surface area contributed by atoms with Crippen molar-refractivity contribution in [3.63, 3.8) is 0 Å². The number of amidine groups is 1. The van der Waals surface area contributed by atoms with E-state index in [0.717, 1.165) is 0 Å². The Morgan fingerprint density at radius 1 is 1.47 bits per heavy atom. The first-order valence-electron chi connectivity index (χ1n) is 5.20. The zero-order chi connectivity index (χ0) is 14.3. The fraction of sp³-hybridized carbons (Fsp3) is 0.250. The van der Waals surface area contributed by atoms with Crippen molar-refractivity contribution >= 4 is 28.6 Å². The van der Waals surface area contributed by atoms with Gasteiger partial charge in [0.1, 0.15) is 11.4 Å². The minimum atomic E-state index is -0.460. The summed E-state index contributed by atoms with van der Waals surface area (Å²) in [5, 5.41) is 11.4. The standard InChI is InChI=1S/C12H13N3O3S/c1-17-10-5-4-8(11(16)18-2)6-9(10)15-12(19-3)14-7-13/h4-6H,1-3H3,(H,14,15). The van der Waals surface area contributed by atoms with Crippen molar-refractivity contribution in [2.45, 2.75) is 0 Å². The van der Waals surface area contributed by atoms with Crippen molar-refractivity contribution in [3.8, 4) is 11.9 Å². The van der Waals surface area contributed by atoms with Crippen LogP contribution in [-0.4, -0.2) is 31.6 Å². The molecule has 0 aromatic heterocycles. The zero-order valence-corrected chi connectivity index (χ0v) is 11.6. The first kappa shape index (κ1) is 14.9. The first-order chi connectivity index (χ1) is 9.15. The second-order valence-electron chi connectivity index (χ2n) is 3.24. The molecule has 1 rings (SSSR count). The fourth-order valence-electron chi connectivity index (χ4n) is 1.30. The zero-order valence-electron chi connectivity index (χ0n) is 10.8. The molecule has 0 unspecified atom stereocenters. The number of rotatable bonds is 3. The Morgan fingerprint density at radius 3 is 2.74 bits per heavy atom. The van der Waals surface area contributed by atoms with E-state index >= 15 is 0 Å². The van der Waals surface area contributed by atoms with Crippen LogP contribution in [0.1, 0.15) is 10.4 Å². The number of nitrogens with one attached hydrogen (secondary N) is 1. The number of carbonyl (C=O) groups excluding carboxylic acids is 1. The summed E-state index contributed by atoms with van der Waals surface area (Å²) in [6.07, 6.45) is 3.57. The fourth-order valence-corrected chi connectivity index (χ4v) is 1.64. The number of ether oxygens (including phenoxy) is 2. The van der Waals surface area contributed by atoms with Crippen LogP contribution in [-0.2, 0) is 4.74 Å². The molecule has 0 saturated carbocycles. The van der Waals surface area contributed by atoms with Crippen LogP contribution in [0.2, 0.25) is 0 Å². The highest BCUT2D eigenvalue weighted by Crippen LogP contribution is 2.29. The van der Waals surface area contributed by atoms with Crippen LogP contribution in [0.25, 0.3) is 0 Å². The smallest absolute Gasteiger partial charge is 0.337 e. The van der Waals surface area contributed by atoms with Crippen molar-refractivity contribution in [2.24, 2.45) is 4.99 Å². The Labute approximate surface area is 115 Å². The molecule has 0 radical (unpaired) electrons. The molecule has 0 atom stereocenters. The molecule has 19 heavy (non-hydrogen) atoms. The van der Waals surface area contributed by atoms with Gasteiger partial charge in [-0.1, -0.05) is 11.8 Å². The van der Waals surface area contributed by atoms with E-state index in [4.69, 9.17) is 10.00 Å². The lowest BCUT2D eigenvalue weighted by Crippen LogP contribution is -2.12. The van der Waals surface area contributed by atoms with Gasteiger partial charge < -0.3 is 9.47 Å². The van der Waals surface area contributed by atoms with Crippen molar-refractivity contribution in [3.05, 3.63) is 23.8 Å². The van der Waals surface area contributed by atoms with Gasteiger partial charge in [-0.3, -0.25) is 5.32 Å². The van der Waals surface area contributed by atoms with Crippen LogP contribution < -0.4 is 10.1 Å². The maximum Gasteiger partial charge on any atom is 0.337 e. The van der Waals surface area contributed by atoms with E-state index in [0.29, 0.717) is 22.2 Å². The van der Waals surface area contributed by atoms with Crippen LogP contribution in [0.5, 0.6) is 5.75 Å². The molecule has 0 aliphatic heterocycles. The van der Waals surface area contributed by atoms with Gasteiger partial charge in [-0.15, -0.1) is 0 Å². The molecular formula is C12H13N3O3S. The highest BCUT2D eigenvalue weighted by molar-refractivity contribution is 8.13. The molecular weight excluding hydrogens is 266 g/mol. The quantitative estimate of drug-likeness (QED) is 0.299. The van der Waals surface area contributed by atoms with Crippen molar-refractivity contribution in [1.29, 1.82) is 5.26 Å². The molecule has 0 amide bonds. The summed E-state index contributed by atoms with van der Waals surface area (Å²) in [6, 6.07) is 4.75. The summed E-state index contributed by atoms with van der Waals surface area (Å²) < 4.78 is 9.80. The number of methoxy groups -OCH3 is 2. The number of aliphatic imine (C=N–C) groups is 1. The minimum absolute atomic E-state index is 0.361. The number of nitriles is 1. The molecule has 1 N–H and O–H groups in total. The summed E-state index contributed by atoms with van der Waals surface area (Å²) in [5.41, 5.74) is 0.803. The Kier molecular flexibility index (Phi) is 5.70. The van der Waals surface area contributed by atoms with Crippen LogP contribution in [0.3, 0.4) is 0 Å². The molecule has 7 heteroatoms. The van der Waals surface area contributed by atoms with Crippen LogP contribution in [0.4, 0.5) is 5.69 Å². The van der Waals surface area contributed by atoms with Gasteiger partial charge in [-0.2, -0.15) is 5.26 Å². The predicted molar refractivity (Wildman–Crippen MR) is 73.7 cm³/mol. The summed E-state index contributed by atoms with van der Waals surface area (Å²) in [6.45, 7) is 0. The lowest BCUT2D eigenvalue weighted by Gasteiger charge is -2.07. The van der Waals surface area contributed by atoms with Crippen LogP contribution in [0.15, 0.2) is 23.2 Å². The molecule has 0 bridgehead atoms. The van der Waals surface area contributed by atoms with Crippen LogP contribution in [0, 0.1) is 11.5 Å². The Bertz CT molecular complexity index is 538. The average Bonchev–Trinajstić information content (AvgIpc) is 2.45. The molecule has 0 spiro atoms. The molecule has 0 aliphatic rings. The van der Waals surface area contributed by atoms with Crippen molar-refractivity contribution < 1.29 is 14.3 Å². The number of benzene rings is 1. The molecule has 0 heterocycles. The summed E-state index contributed by atoms with van der Waals surface area (Å²) in [7, 11) is 2.81. The van der Waals surface area contributed by atoms with Gasteiger partial charge in [-0.05, 0) is 24.5 Å². The van der Waals surface area contributed by atoms with E-state index in [1.54, 1.807) is 30.6 Å². The molecule has 0 saturated heterocycles. The molecule has 0 fully saturated rings. The number of thioether (sulfide) groups is 1. The predicted octanol–water partition coefficient (Wildman–Crippen LogP) is 1.90. The second-order valence-corrected chi connectivity index (χ2v) is 4.03. The van der Waals surface area contributed by atoms with Gasteiger partial charge in [0.15, 0.2) is 11.4 Å². The second kappa shape index (κ2) is 7.28. The maximum absolute atomic E-state index is 11.5. The normalized spacial score (nSPS) is 10.5. The van der Waals surface area contributed by atoms with Gasteiger partial charge in [0.25, 0.3) is 0 Å². The number of esters is 1. The highest BCUT2D eigenvalue weighted by atomic mass is 32.2. The first-order valence-corrected chi connectivity index (χ1v) is 6.42. The summed E-state index contributed by atoms with van der Waals surface area (Å²) >= 11 is 1.27. The lowest BCUT2D eigenvalue weighted by atomic mass is 10.2. The molecule has 1 aromatic rings. The van der Waals surface area contributed by atoms with E-state index in [1.807, 2.05) is 0 Å². The van der Waals surface area contributed by atoms with E-state index in [1.165, 1.54) is 26.0 Å². The van der Waals surface area contributed by atoms with Crippen LogP contribution >= 0.6 is 11.8 Å². The number of hydrogen-bond donors (Lipinski definition) is 1. The Morgan fingerprint density at radius 2 is 2.21 bits per heavy atom. The number of carbonyl (C=O) groups is 1. The third-order valence-corrected chi connectivity index (χ3v) is 2.76. The molecule has 6 nitrogen and oxygen atoms in total. The van der Waals surface area contributed by atoms with E-state index in [9.17, 15) is 4.79 Å². The summed E-state index contributed by atoms with van der Waals surface area (Å²) in [4.78, 5) is 15.7. The summed E-state index contributed by atoms with van der Waals surface area (Å²) in [5.74, 6) is 0.0389. The Balaban J connectivity index is 3.23. The lowest BCUT2D eigenvalue weighted by molar-refractivity contribution is 0.0600. The highest BCUT2D eigenvalue weighted by Gasteiger charge is 2.10. The van der Waals surface area contributed by atoms with Gasteiger partial charge in [-0.25, -0.2) is 9.79 Å². The molecule has 1 aromatic carbocycles. The molecule has 100 valence electrons. The van der Waals surface area contributed by atoms with Gasteiger partial charge in [0.05, 0.1) is 19.8 Å². The maximum atomic E-state index is 11.5. The molecule has 0 aliphatic carbocycles. The minimum Gasteiger partial charge on any atom is -0.494 e. The third kappa shape index (κ3) is 3.89. The monoisotopic (exact) mass is 279 g/mol.